The Balaban J connectivity index is 0.00000108. The molecule has 0 saturated carbocycles. The lowest BCUT2D eigenvalue weighted by atomic mass is 10.1. The van der Waals surface area contributed by atoms with Crippen molar-refractivity contribution in [3.05, 3.63) is 68.9 Å². The van der Waals surface area contributed by atoms with Crippen LogP contribution in [0.15, 0.2) is 58.3 Å². The molecule has 0 aromatic heterocycles. The minimum Gasteiger partial charge on any atom is -0.381 e. The highest BCUT2D eigenvalue weighted by Crippen LogP contribution is 2.22. The van der Waals surface area contributed by atoms with Crippen LogP contribution in [0.2, 0.25) is 5.02 Å². The average Bonchev–Trinajstić information content (AvgIpc) is 3.45. The summed E-state index contributed by atoms with van der Waals surface area (Å²) in [6.45, 7) is 10.5. The SMILES string of the molecule is C1=CSCN1.C=C(CNC(=O)C(O)C(O)C(=O)N(CC)CCC)S/C=C(\C)Cc1ccccc1Cl. The largest absolute Gasteiger partial charge is 0.381 e. The van der Waals surface area contributed by atoms with Crippen LogP contribution in [0.3, 0.4) is 0 Å². The lowest BCUT2D eigenvalue weighted by Crippen LogP contribution is -2.51. The van der Waals surface area contributed by atoms with Crippen molar-refractivity contribution in [1.29, 1.82) is 0 Å². The molecule has 2 amide bonds. The first-order valence-electron chi connectivity index (χ1n) is 11.4. The molecule has 0 spiro atoms. The number of hydrogen-bond donors (Lipinski definition) is 4. The Bertz CT molecular complexity index is 889. The van der Waals surface area contributed by atoms with E-state index in [2.05, 4.69) is 17.2 Å². The molecule has 0 bridgehead atoms. The molecule has 0 fully saturated rings. The highest BCUT2D eigenvalue weighted by atomic mass is 35.5. The molecule has 1 aromatic carbocycles. The number of carbonyl (C=O) groups is 2. The third-order valence-electron chi connectivity index (χ3n) is 4.77. The number of aliphatic hydroxyl groups is 2. The summed E-state index contributed by atoms with van der Waals surface area (Å²) in [6, 6.07) is 7.63. The number of likely N-dealkylation sites (N-methyl/N-ethyl adjacent to an activating group) is 1. The van der Waals surface area contributed by atoms with Gasteiger partial charge in [-0.25, -0.2) is 0 Å². The van der Waals surface area contributed by atoms with E-state index >= 15 is 0 Å². The molecule has 1 aliphatic rings. The number of amides is 2. The second-order valence-electron chi connectivity index (χ2n) is 7.73. The van der Waals surface area contributed by atoms with Gasteiger partial charge in [0.15, 0.2) is 12.2 Å². The zero-order valence-corrected chi connectivity index (χ0v) is 22.9. The lowest BCUT2D eigenvalue weighted by Gasteiger charge is -2.25. The Morgan fingerprint density at radius 3 is 2.57 bits per heavy atom. The van der Waals surface area contributed by atoms with E-state index in [1.54, 1.807) is 18.7 Å². The molecule has 2 rings (SSSR count). The highest BCUT2D eigenvalue weighted by Gasteiger charge is 2.32. The Labute approximate surface area is 222 Å². The summed E-state index contributed by atoms with van der Waals surface area (Å²) >= 11 is 9.31. The van der Waals surface area contributed by atoms with Gasteiger partial charge in [-0.15, -0.1) is 23.5 Å². The van der Waals surface area contributed by atoms with E-state index in [1.165, 1.54) is 16.7 Å². The number of rotatable bonds is 12. The molecule has 0 aliphatic carbocycles. The predicted octanol–water partition coefficient (Wildman–Crippen LogP) is 3.88. The third kappa shape index (κ3) is 12.1. The van der Waals surface area contributed by atoms with Crippen LogP contribution in [0.1, 0.15) is 32.8 Å². The van der Waals surface area contributed by atoms with E-state index in [-0.39, 0.29) is 6.54 Å². The molecular formula is C25H36ClN3O4S2. The number of allylic oxidation sites excluding steroid dienone is 1. The van der Waals surface area contributed by atoms with Gasteiger partial charge >= 0.3 is 0 Å². The summed E-state index contributed by atoms with van der Waals surface area (Å²) in [5.74, 6) is -0.421. The minimum absolute atomic E-state index is 0.101. The van der Waals surface area contributed by atoms with Gasteiger partial charge in [0, 0.05) is 35.8 Å². The molecular weight excluding hydrogens is 506 g/mol. The van der Waals surface area contributed by atoms with Crippen LogP contribution in [0, 0.1) is 0 Å². The number of hydrogen-bond acceptors (Lipinski definition) is 7. The van der Waals surface area contributed by atoms with Crippen molar-refractivity contribution in [2.45, 2.75) is 45.8 Å². The van der Waals surface area contributed by atoms with Crippen LogP contribution in [-0.2, 0) is 16.0 Å². The molecule has 7 nitrogen and oxygen atoms in total. The molecule has 1 aliphatic heterocycles. The Morgan fingerprint density at radius 1 is 1.31 bits per heavy atom. The van der Waals surface area contributed by atoms with Crippen molar-refractivity contribution in [3.63, 3.8) is 0 Å². The lowest BCUT2D eigenvalue weighted by molar-refractivity contribution is -0.152. The molecule has 35 heavy (non-hydrogen) atoms. The minimum atomic E-state index is -1.83. The van der Waals surface area contributed by atoms with Crippen LogP contribution >= 0.6 is 35.1 Å². The number of nitrogens with zero attached hydrogens (tertiary/aromatic N) is 1. The zero-order valence-electron chi connectivity index (χ0n) is 20.5. The highest BCUT2D eigenvalue weighted by molar-refractivity contribution is 8.05. The summed E-state index contributed by atoms with van der Waals surface area (Å²) in [7, 11) is 0. The first-order valence-corrected chi connectivity index (χ1v) is 13.7. The first-order chi connectivity index (χ1) is 16.7. The van der Waals surface area contributed by atoms with E-state index in [1.807, 2.05) is 55.1 Å². The van der Waals surface area contributed by atoms with Crippen LogP contribution in [-0.4, -0.2) is 64.6 Å². The Hall–Kier alpha value is -1.91. The second kappa shape index (κ2) is 17.5. The zero-order chi connectivity index (χ0) is 26.2. The van der Waals surface area contributed by atoms with E-state index in [0.717, 1.165) is 23.4 Å². The number of halogens is 1. The standard InChI is InChI=1S/C22H31ClN2O4S.C3H5NS/c1-5-11-25(6-2)22(29)20(27)19(26)21(28)24-13-16(4)30-14-15(3)12-17-9-7-8-10-18(17)23;1-2-5-3-4-1/h7-10,14,19-20,26-27H,4-6,11-13H2,1-3H3,(H,24,28);1-2,4H,3H2/b15-14+;. The fourth-order valence-electron chi connectivity index (χ4n) is 2.90. The monoisotopic (exact) mass is 541 g/mol. The van der Waals surface area contributed by atoms with Crippen molar-refractivity contribution in [1.82, 2.24) is 15.5 Å². The maximum atomic E-state index is 12.2. The molecule has 2 unspecified atom stereocenters. The number of nitrogens with one attached hydrogen (secondary N) is 2. The third-order valence-corrected chi connectivity index (χ3v) is 6.80. The van der Waals surface area contributed by atoms with Gasteiger partial charge < -0.3 is 25.7 Å². The summed E-state index contributed by atoms with van der Waals surface area (Å²) in [5.41, 5.74) is 2.11. The molecule has 2 atom stereocenters. The summed E-state index contributed by atoms with van der Waals surface area (Å²) in [6.07, 6.45) is -0.265. The fraction of sp³-hybridized carbons (Fsp3) is 0.440. The van der Waals surface area contributed by atoms with Gasteiger partial charge in [-0.1, -0.05) is 48.9 Å². The molecule has 1 aromatic rings. The van der Waals surface area contributed by atoms with Gasteiger partial charge in [0.1, 0.15) is 0 Å². The molecule has 10 heteroatoms. The maximum absolute atomic E-state index is 12.2. The topological polar surface area (TPSA) is 102 Å². The Kier molecular flexibility index (Phi) is 15.6. The van der Waals surface area contributed by atoms with E-state index in [9.17, 15) is 19.8 Å². The van der Waals surface area contributed by atoms with Crippen molar-refractivity contribution in [3.8, 4) is 0 Å². The fourth-order valence-corrected chi connectivity index (χ4v) is 4.19. The molecule has 0 radical (unpaired) electrons. The Morgan fingerprint density at radius 2 is 2.03 bits per heavy atom. The first kappa shape index (κ1) is 31.1. The normalized spacial score (nSPS) is 14.3. The van der Waals surface area contributed by atoms with Gasteiger partial charge in [-0.05, 0) is 49.1 Å². The summed E-state index contributed by atoms with van der Waals surface area (Å²) in [5, 5.41) is 30.2. The average molecular weight is 542 g/mol. The number of benzene rings is 1. The maximum Gasteiger partial charge on any atom is 0.254 e. The number of thioether (sulfide) groups is 2. The van der Waals surface area contributed by atoms with E-state index in [0.29, 0.717) is 29.4 Å². The number of aliphatic hydroxyl groups excluding tert-OH is 2. The van der Waals surface area contributed by atoms with Crippen molar-refractivity contribution >= 4 is 46.9 Å². The second-order valence-corrected chi connectivity index (χ2v) is 10.1. The van der Waals surface area contributed by atoms with Crippen molar-refractivity contribution in [2.24, 2.45) is 0 Å². The quantitative estimate of drug-likeness (QED) is 0.318. The van der Waals surface area contributed by atoms with Gasteiger partial charge in [-0.3, -0.25) is 9.59 Å². The number of carbonyl (C=O) groups excluding carboxylic acids is 2. The molecule has 0 saturated heterocycles. The van der Waals surface area contributed by atoms with Crippen LogP contribution in [0.5, 0.6) is 0 Å². The summed E-state index contributed by atoms with van der Waals surface area (Å²) < 4.78 is 0. The van der Waals surface area contributed by atoms with E-state index < -0.39 is 24.0 Å². The van der Waals surface area contributed by atoms with Crippen LogP contribution in [0.25, 0.3) is 0 Å². The van der Waals surface area contributed by atoms with Gasteiger partial charge in [0.05, 0.1) is 5.88 Å². The van der Waals surface area contributed by atoms with Crippen molar-refractivity contribution < 1.29 is 19.8 Å². The van der Waals surface area contributed by atoms with Gasteiger partial charge in [0.2, 0.25) is 0 Å². The van der Waals surface area contributed by atoms with Crippen molar-refractivity contribution in [2.75, 3.05) is 25.5 Å². The summed E-state index contributed by atoms with van der Waals surface area (Å²) in [4.78, 5) is 26.4. The van der Waals surface area contributed by atoms with E-state index in [4.69, 9.17) is 11.6 Å². The predicted molar refractivity (Wildman–Crippen MR) is 148 cm³/mol. The molecule has 1 heterocycles. The molecule has 194 valence electrons. The van der Waals surface area contributed by atoms with Gasteiger partial charge in [-0.2, -0.15) is 0 Å². The smallest absolute Gasteiger partial charge is 0.254 e. The van der Waals surface area contributed by atoms with Crippen LogP contribution in [0.4, 0.5) is 0 Å². The molecule has 4 N–H and O–H groups in total. The van der Waals surface area contributed by atoms with Crippen LogP contribution < -0.4 is 10.6 Å². The van der Waals surface area contributed by atoms with Gasteiger partial charge in [0.25, 0.3) is 11.8 Å².